The standard InChI is InChI=1S/C14H17FN4/c15-11-3-5-12(6-4-11)19-14(10-1-2-10)13(9-18-19)17-8-7-16/h3-6,9-10,17H,1-2,7-8,16H2. The number of benzene rings is 1. The van der Waals surface area contributed by atoms with Gasteiger partial charge >= 0.3 is 0 Å². The first-order chi connectivity index (χ1) is 9.29. The van der Waals surface area contributed by atoms with Crippen LogP contribution in [0.5, 0.6) is 0 Å². The summed E-state index contributed by atoms with van der Waals surface area (Å²) in [7, 11) is 0. The van der Waals surface area contributed by atoms with Crippen LogP contribution < -0.4 is 11.1 Å². The van der Waals surface area contributed by atoms with Gasteiger partial charge in [0, 0.05) is 19.0 Å². The Morgan fingerprint density at radius 3 is 2.68 bits per heavy atom. The first kappa shape index (κ1) is 12.2. The largest absolute Gasteiger partial charge is 0.381 e. The molecule has 0 radical (unpaired) electrons. The van der Waals surface area contributed by atoms with Crippen molar-refractivity contribution in [2.45, 2.75) is 18.8 Å². The van der Waals surface area contributed by atoms with E-state index in [4.69, 9.17) is 5.73 Å². The highest BCUT2D eigenvalue weighted by molar-refractivity contribution is 5.53. The zero-order valence-corrected chi connectivity index (χ0v) is 10.6. The number of nitrogens with two attached hydrogens (primary N) is 1. The Morgan fingerprint density at radius 1 is 1.32 bits per heavy atom. The van der Waals surface area contributed by atoms with Crippen molar-refractivity contribution in [3.63, 3.8) is 0 Å². The van der Waals surface area contributed by atoms with Gasteiger partial charge in [-0.3, -0.25) is 0 Å². The summed E-state index contributed by atoms with van der Waals surface area (Å²) in [6, 6.07) is 6.42. The molecule has 1 fully saturated rings. The minimum Gasteiger partial charge on any atom is -0.381 e. The average Bonchev–Trinajstić information content (AvgIpc) is 3.18. The molecule has 3 rings (SSSR count). The number of rotatable bonds is 5. The maximum atomic E-state index is 13.0. The zero-order chi connectivity index (χ0) is 13.2. The number of nitrogens with one attached hydrogen (secondary N) is 1. The lowest BCUT2D eigenvalue weighted by atomic mass is 10.2. The molecule has 0 unspecified atom stereocenters. The third-order valence-corrected chi connectivity index (χ3v) is 3.30. The quantitative estimate of drug-likeness (QED) is 0.867. The molecule has 5 heteroatoms. The molecule has 1 heterocycles. The van der Waals surface area contributed by atoms with Gasteiger partial charge in [0.15, 0.2) is 0 Å². The average molecular weight is 260 g/mol. The van der Waals surface area contributed by atoms with E-state index < -0.39 is 0 Å². The first-order valence-electron chi connectivity index (χ1n) is 6.57. The summed E-state index contributed by atoms with van der Waals surface area (Å²) in [6.07, 6.45) is 4.20. The third-order valence-electron chi connectivity index (χ3n) is 3.30. The van der Waals surface area contributed by atoms with E-state index in [1.807, 2.05) is 10.9 Å². The topological polar surface area (TPSA) is 55.9 Å². The van der Waals surface area contributed by atoms with Gasteiger partial charge in [0.1, 0.15) is 5.82 Å². The molecule has 0 aliphatic heterocycles. The zero-order valence-electron chi connectivity index (χ0n) is 10.6. The Labute approximate surface area is 111 Å². The van der Waals surface area contributed by atoms with Gasteiger partial charge < -0.3 is 11.1 Å². The summed E-state index contributed by atoms with van der Waals surface area (Å²) in [5, 5.41) is 7.72. The number of anilines is 1. The summed E-state index contributed by atoms with van der Waals surface area (Å²) < 4.78 is 14.9. The van der Waals surface area contributed by atoms with E-state index >= 15 is 0 Å². The van der Waals surface area contributed by atoms with Crippen LogP contribution in [0.1, 0.15) is 24.5 Å². The molecule has 1 aromatic carbocycles. The molecule has 0 spiro atoms. The van der Waals surface area contributed by atoms with E-state index in [9.17, 15) is 4.39 Å². The molecule has 0 amide bonds. The molecule has 100 valence electrons. The van der Waals surface area contributed by atoms with Crippen molar-refractivity contribution in [1.82, 2.24) is 9.78 Å². The number of halogens is 1. The van der Waals surface area contributed by atoms with Gasteiger partial charge in [0.2, 0.25) is 0 Å². The Bertz CT molecular complexity index is 557. The molecule has 1 aromatic heterocycles. The van der Waals surface area contributed by atoms with Crippen molar-refractivity contribution in [3.8, 4) is 5.69 Å². The molecule has 1 aliphatic carbocycles. The minimum absolute atomic E-state index is 0.231. The maximum Gasteiger partial charge on any atom is 0.123 e. The van der Waals surface area contributed by atoms with Gasteiger partial charge in [0.05, 0.1) is 23.3 Å². The van der Waals surface area contributed by atoms with Crippen molar-refractivity contribution in [2.24, 2.45) is 5.73 Å². The van der Waals surface area contributed by atoms with Gasteiger partial charge in [-0.15, -0.1) is 0 Å². The Kier molecular flexibility index (Phi) is 3.21. The van der Waals surface area contributed by atoms with Crippen LogP contribution in [-0.2, 0) is 0 Å². The predicted molar refractivity (Wildman–Crippen MR) is 73.0 cm³/mol. The second kappa shape index (κ2) is 5.01. The van der Waals surface area contributed by atoms with Crippen LogP contribution in [0.3, 0.4) is 0 Å². The SMILES string of the molecule is NCCNc1cnn(-c2ccc(F)cc2)c1C1CC1. The first-order valence-corrected chi connectivity index (χ1v) is 6.57. The molecule has 1 aliphatic rings. The fourth-order valence-corrected chi connectivity index (χ4v) is 2.24. The molecular weight excluding hydrogens is 243 g/mol. The molecule has 0 saturated heterocycles. The van der Waals surface area contributed by atoms with Crippen LogP contribution in [0.25, 0.3) is 5.69 Å². The number of nitrogens with zero attached hydrogens (tertiary/aromatic N) is 2. The lowest BCUT2D eigenvalue weighted by molar-refractivity contribution is 0.626. The van der Waals surface area contributed by atoms with Crippen LogP contribution in [0, 0.1) is 5.82 Å². The predicted octanol–water partition coefficient (Wildman–Crippen LogP) is 2.26. The lowest BCUT2D eigenvalue weighted by Crippen LogP contribution is -2.14. The molecule has 19 heavy (non-hydrogen) atoms. The normalized spacial score (nSPS) is 14.6. The summed E-state index contributed by atoms with van der Waals surface area (Å²) in [5.74, 6) is 0.318. The van der Waals surface area contributed by atoms with Crippen molar-refractivity contribution in [3.05, 3.63) is 42.0 Å². The van der Waals surface area contributed by atoms with E-state index in [1.165, 1.54) is 30.7 Å². The molecular formula is C14H17FN4. The van der Waals surface area contributed by atoms with Gasteiger partial charge in [0.25, 0.3) is 0 Å². The Balaban J connectivity index is 1.96. The van der Waals surface area contributed by atoms with Gasteiger partial charge in [-0.05, 0) is 37.1 Å². The highest BCUT2D eigenvalue weighted by atomic mass is 19.1. The number of hydrogen-bond acceptors (Lipinski definition) is 3. The van der Waals surface area contributed by atoms with Crippen LogP contribution >= 0.6 is 0 Å². The third kappa shape index (κ3) is 2.46. The van der Waals surface area contributed by atoms with Crippen molar-refractivity contribution in [2.75, 3.05) is 18.4 Å². The molecule has 4 nitrogen and oxygen atoms in total. The number of hydrogen-bond donors (Lipinski definition) is 2. The van der Waals surface area contributed by atoms with E-state index in [1.54, 1.807) is 12.1 Å². The van der Waals surface area contributed by atoms with E-state index in [0.29, 0.717) is 12.5 Å². The summed E-state index contributed by atoms with van der Waals surface area (Å²) >= 11 is 0. The van der Waals surface area contributed by atoms with Crippen LogP contribution in [0.15, 0.2) is 30.5 Å². The van der Waals surface area contributed by atoms with Crippen LogP contribution in [0.4, 0.5) is 10.1 Å². The van der Waals surface area contributed by atoms with E-state index in [0.717, 1.165) is 17.9 Å². The monoisotopic (exact) mass is 260 g/mol. The van der Waals surface area contributed by atoms with Crippen LogP contribution in [0.2, 0.25) is 0 Å². The second-order valence-corrected chi connectivity index (χ2v) is 4.82. The summed E-state index contributed by atoms with van der Waals surface area (Å²) in [4.78, 5) is 0. The molecule has 0 bridgehead atoms. The van der Waals surface area contributed by atoms with Gasteiger partial charge in [-0.25, -0.2) is 9.07 Å². The molecule has 2 aromatic rings. The minimum atomic E-state index is -0.231. The van der Waals surface area contributed by atoms with Gasteiger partial charge in [-0.1, -0.05) is 0 Å². The van der Waals surface area contributed by atoms with Gasteiger partial charge in [-0.2, -0.15) is 5.10 Å². The highest BCUT2D eigenvalue weighted by Gasteiger charge is 2.30. The van der Waals surface area contributed by atoms with E-state index in [-0.39, 0.29) is 5.82 Å². The van der Waals surface area contributed by atoms with E-state index in [2.05, 4.69) is 10.4 Å². The van der Waals surface area contributed by atoms with Crippen molar-refractivity contribution < 1.29 is 4.39 Å². The summed E-state index contributed by atoms with van der Waals surface area (Å²) in [6.45, 7) is 1.32. The maximum absolute atomic E-state index is 13.0. The Hall–Kier alpha value is -1.88. The number of aromatic nitrogens is 2. The fourth-order valence-electron chi connectivity index (χ4n) is 2.24. The highest BCUT2D eigenvalue weighted by Crippen LogP contribution is 2.44. The van der Waals surface area contributed by atoms with Crippen molar-refractivity contribution in [1.29, 1.82) is 0 Å². The smallest absolute Gasteiger partial charge is 0.123 e. The lowest BCUT2D eigenvalue weighted by Gasteiger charge is -2.10. The summed E-state index contributed by atoms with van der Waals surface area (Å²) in [5.41, 5.74) is 8.63. The molecule has 3 N–H and O–H groups in total. The Morgan fingerprint density at radius 2 is 2.05 bits per heavy atom. The fraction of sp³-hybridized carbons (Fsp3) is 0.357. The molecule has 1 saturated carbocycles. The molecule has 0 atom stereocenters. The second-order valence-electron chi connectivity index (χ2n) is 4.82. The van der Waals surface area contributed by atoms with Crippen molar-refractivity contribution >= 4 is 5.69 Å². The van der Waals surface area contributed by atoms with Crippen LogP contribution in [-0.4, -0.2) is 22.9 Å².